The topological polar surface area (TPSA) is 55.4 Å². The Kier molecular flexibility index (Phi) is 5.55. The van der Waals surface area contributed by atoms with E-state index in [-0.39, 0.29) is 23.8 Å². The van der Waals surface area contributed by atoms with E-state index in [0.29, 0.717) is 10.0 Å². The van der Waals surface area contributed by atoms with Gasteiger partial charge >= 0.3 is 0 Å². The fourth-order valence-corrected chi connectivity index (χ4v) is 3.63. The van der Waals surface area contributed by atoms with Crippen molar-refractivity contribution in [1.82, 2.24) is 4.72 Å². The van der Waals surface area contributed by atoms with Crippen molar-refractivity contribution in [3.63, 3.8) is 0 Å². The third-order valence-corrected chi connectivity index (χ3v) is 5.02. The summed E-state index contributed by atoms with van der Waals surface area (Å²) in [7, 11) is -3.63. The van der Waals surface area contributed by atoms with Crippen molar-refractivity contribution in [2.45, 2.75) is 11.8 Å². The largest absolute Gasteiger partial charge is 0.489 e. The van der Waals surface area contributed by atoms with Crippen LogP contribution < -0.4 is 9.46 Å². The van der Waals surface area contributed by atoms with E-state index >= 15 is 0 Å². The zero-order valence-electron chi connectivity index (χ0n) is 11.8. The summed E-state index contributed by atoms with van der Waals surface area (Å²) in [5.74, 6) is -0.381. The van der Waals surface area contributed by atoms with Gasteiger partial charge in [-0.1, -0.05) is 34.1 Å². The molecule has 22 heavy (non-hydrogen) atoms. The molecule has 0 atom stereocenters. The van der Waals surface area contributed by atoms with Gasteiger partial charge < -0.3 is 4.74 Å². The van der Waals surface area contributed by atoms with Crippen LogP contribution in [0.2, 0.25) is 0 Å². The number of sulfonamides is 1. The Hall–Kier alpha value is -1.44. The highest BCUT2D eigenvalue weighted by atomic mass is 79.9. The lowest BCUT2D eigenvalue weighted by atomic mass is 10.2. The van der Waals surface area contributed by atoms with Gasteiger partial charge in [-0.2, -0.15) is 0 Å². The number of para-hydroxylation sites is 1. The van der Waals surface area contributed by atoms with Crippen molar-refractivity contribution in [2.75, 3.05) is 13.2 Å². The Morgan fingerprint density at radius 2 is 1.95 bits per heavy atom. The Balaban J connectivity index is 1.96. The average Bonchev–Trinajstić information content (AvgIpc) is 2.48. The standard InChI is InChI=1S/C15H15BrFNO3S/c1-11-6-7-12(16)10-15(11)22(19,20)18-8-9-21-14-5-3-2-4-13(14)17/h2-7,10,18H,8-9H2,1H3. The van der Waals surface area contributed by atoms with Crippen LogP contribution in [0.15, 0.2) is 51.8 Å². The van der Waals surface area contributed by atoms with Crippen molar-refractivity contribution in [3.05, 3.63) is 58.3 Å². The van der Waals surface area contributed by atoms with Gasteiger partial charge in [0, 0.05) is 11.0 Å². The lowest BCUT2D eigenvalue weighted by Crippen LogP contribution is -2.28. The number of benzene rings is 2. The fourth-order valence-electron chi connectivity index (χ4n) is 1.84. The number of hydrogen-bond donors (Lipinski definition) is 1. The van der Waals surface area contributed by atoms with Crippen LogP contribution in [0.1, 0.15) is 5.56 Å². The molecular formula is C15H15BrFNO3S. The van der Waals surface area contributed by atoms with Crippen LogP contribution in [-0.2, 0) is 10.0 Å². The summed E-state index contributed by atoms with van der Waals surface area (Å²) in [5.41, 5.74) is 0.644. The monoisotopic (exact) mass is 387 g/mol. The predicted octanol–water partition coefficient (Wildman–Crippen LogP) is 3.25. The summed E-state index contributed by atoms with van der Waals surface area (Å²) in [6.45, 7) is 1.80. The molecule has 0 unspecified atom stereocenters. The smallest absolute Gasteiger partial charge is 0.240 e. The highest BCUT2D eigenvalue weighted by molar-refractivity contribution is 9.10. The van der Waals surface area contributed by atoms with E-state index in [1.54, 1.807) is 31.2 Å². The van der Waals surface area contributed by atoms with Gasteiger partial charge in [0.1, 0.15) is 6.61 Å². The molecule has 0 radical (unpaired) electrons. The van der Waals surface area contributed by atoms with Crippen molar-refractivity contribution in [1.29, 1.82) is 0 Å². The second-order valence-electron chi connectivity index (χ2n) is 4.59. The van der Waals surface area contributed by atoms with Crippen LogP contribution in [0.5, 0.6) is 5.75 Å². The van der Waals surface area contributed by atoms with Crippen molar-refractivity contribution in [2.24, 2.45) is 0 Å². The first-order chi connectivity index (χ1) is 10.4. The van der Waals surface area contributed by atoms with Crippen LogP contribution in [0.3, 0.4) is 0 Å². The molecule has 0 spiro atoms. The number of halogens is 2. The van der Waals surface area contributed by atoms with Crippen LogP contribution in [0.25, 0.3) is 0 Å². The average molecular weight is 388 g/mol. The zero-order chi connectivity index (χ0) is 16.2. The number of nitrogens with one attached hydrogen (secondary N) is 1. The predicted molar refractivity (Wildman–Crippen MR) is 86.0 cm³/mol. The summed E-state index contributed by atoms with van der Waals surface area (Å²) >= 11 is 3.25. The molecule has 2 aromatic rings. The van der Waals surface area contributed by atoms with E-state index in [0.717, 1.165) is 0 Å². The number of hydrogen-bond acceptors (Lipinski definition) is 3. The maximum Gasteiger partial charge on any atom is 0.240 e. The summed E-state index contributed by atoms with van der Waals surface area (Å²) in [6.07, 6.45) is 0. The Labute approximate surface area is 137 Å². The molecule has 118 valence electrons. The highest BCUT2D eigenvalue weighted by Crippen LogP contribution is 2.20. The first-order valence-corrected chi connectivity index (χ1v) is 8.81. The van der Waals surface area contributed by atoms with Crippen LogP contribution in [0.4, 0.5) is 4.39 Å². The minimum Gasteiger partial charge on any atom is -0.489 e. The van der Waals surface area contributed by atoms with Crippen LogP contribution in [0, 0.1) is 12.7 Å². The molecule has 0 aromatic heterocycles. The summed E-state index contributed by atoms with van der Waals surface area (Å²) in [6, 6.07) is 11.0. The van der Waals surface area contributed by atoms with Crippen molar-refractivity contribution >= 4 is 26.0 Å². The van der Waals surface area contributed by atoms with E-state index in [2.05, 4.69) is 20.7 Å². The van der Waals surface area contributed by atoms with E-state index < -0.39 is 15.8 Å². The molecule has 2 rings (SSSR count). The number of rotatable bonds is 6. The SMILES string of the molecule is Cc1ccc(Br)cc1S(=O)(=O)NCCOc1ccccc1F. The quantitative estimate of drug-likeness (QED) is 0.773. The minimum absolute atomic E-state index is 0.0349. The summed E-state index contributed by atoms with van der Waals surface area (Å²) in [5, 5.41) is 0. The minimum atomic E-state index is -3.63. The van der Waals surface area contributed by atoms with Gasteiger partial charge in [0.15, 0.2) is 11.6 Å². The van der Waals surface area contributed by atoms with Crippen molar-refractivity contribution in [3.8, 4) is 5.75 Å². The summed E-state index contributed by atoms with van der Waals surface area (Å²) in [4.78, 5) is 0.202. The molecule has 1 N–H and O–H groups in total. The van der Waals surface area contributed by atoms with E-state index in [9.17, 15) is 12.8 Å². The molecule has 2 aromatic carbocycles. The van der Waals surface area contributed by atoms with E-state index in [1.165, 1.54) is 18.2 Å². The Morgan fingerprint density at radius 1 is 1.23 bits per heavy atom. The molecule has 0 amide bonds. The first-order valence-electron chi connectivity index (χ1n) is 6.53. The Morgan fingerprint density at radius 3 is 2.68 bits per heavy atom. The number of aryl methyl sites for hydroxylation is 1. The van der Waals surface area contributed by atoms with Gasteiger partial charge in [-0.3, -0.25) is 0 Å². The molecule has 0 saturated carbocycles. The second-order valence-corrected chi connectivity index (χ2v) is 7.24. The molecule has 0 fully saturated rings. The van der Waals surface area contributed by atoms with Gasteiger partial charge in [-0.25, -0.2) is 17.5 Å². The van der Waals surface area contributed by atoms with Gasteiger partial charge in [0.05, 0.1) is 4.90 Å². The molecule has 0 heterocycles. The van der Waals surface area contributed by atoms with Crippen LogP contribution in [-0.4, -0.2) is 21.6 Å². The molecule has 0 bridgehead atoms. The zero-order valence-corrected chi connectivity index (χ0v) is 14.2. The lowest BCUT2D eigenvalue weighted by molar-refractivity contribution is 0.306. The molecule has 0 aliphatic heterocycles. The van der Waals surface area contributed by atoms with Gasteiger partial charge in [0.25, 0.3) is 0 Å². The molecule has 0 saturated heterocycles. The molecular weight excluding hydrogens is 373 g/mol. The third kappa shape index (κ3) is 4.28. The van der Waals surface area contributed by atoms with Gasteiger partial charge in [-0.15, -0.1) is 0 Å². The van der Waals surface area contributed by atoms with E-state index in [1.807, 2.05) is 0 Å². The molecule has 0 aliphatic rings. The molecule has 0 aliphatic carbocycles. The maximum absolute atomic E-state index is 13.3. The maximum atomic E-state index is 13.3. The third-order valence-electron chi connectivity index (χ3n) is 2.93. The Bertz CT molecular complexity index is 765. The molecule has 7 heteroatoms. The fraction of sp³-hybridized carbons (Fsp3) is 0.200. The second kappa shape index (κ2) is 7.21. The lowest BCUT2D eigenvalue weighted by Gasteiger charge is -2.11. The first kappa shape index (κ1) is 16.9. The van der Waals surface area contributed by atoms with Crippen molar-refractivity contribution < 1.29 is 17.5 Å². The van der Waals surface area contributed by atoms with Gasteiger partial charge in [0.2, 0.25) is 10.0 Å². The van der Waals surface area contributed by atoms with Crippen LogP contribution >= 0.6 is 15.9 Å². The van der Waals surface area contributed by atoms with Gasteiger partial charge in [-0.05, 0) is 36.8 Å². The van der Waals surface area contributed by atoms with E-state index in [4.69, 9.17) is 4.74 Å². The number of ether oxygens (including phenoxy) is 1. The molecule has 4 nitrogen and oxygen atoms in total. The summed E-state index contributed by atoms with van der Waals surface area (Å²) < 4.78 is 46.1. The highest BCUT2D eigenvalue weighted by Gasteiger charge is 2.16. The normalized spacial score (nSPS) is 11.4.